The highest BCUT2D eigenvalue weighted by Gasteiger charge is 2.47. The molecular weight excluding hydrogens is 168 g/mol. The van der Waals surface area contributed by atoms with Gasteiger partial charge in [0.15, 0.2) is 5.54 Å². The maximum atomic E-state index is 11.6. The van der Waals surface area contributed by atoms with E-state index in [1.165, 1.54) is 0 Å². The van der Waals surface area contributed by atoms with E-state index in [-0.39, 0.29) is 17.0 Å². The van der Waals surface area contributed by atoms with Gasteiger partial charge in [0, 0.05) is 0 Å². The fourth-order valence-corrected chi connectivity index (χ4v) is 2.06. The lowest BCUT2D eigenvalue weighted by molar-refractivity contribution is -0.766. The molecule has 1 aliphatic heterocycles. The molecule has 3 N–H and O–H groups in total. The molecule has 0 saturated carbocycles. The summed E-state index contributed by atoms with van der Waals surface area (Å²) in [5.41, 5.74) is -0.292. The fourth-order valence-electron chi connectivity index (χ4n) is 2.06. The van der Waals surface area contributed by atoms with Gasteiger partial charge in [-0.1, -0.05) is 5.16 Å². The molecule has 0 aromatic heterocycles. The quantitative estimate of drug-likeness (QED) is 0.409. The molecule has 0 aromatic carbocycles. The molecular formula is C9H17N2O2+. The Kier molecular flexibility index (Phi) is 2.20. The van der Waals surface area contributed by atoms with Crippen LogP contribution >= 0.6 is 0 Å². The van der Waals surface area contributed by atoms with Crippen LogP contribution in [0.25, 0.3) is 0 Å². The molecule has 0 unspecified atom stereocenters. The molecule has 0 aromatic rings. The highest BCUT2D eigenvalue weighted by atomic mass is 16.4. The first-order chi connectivity index (χ1) is 5.78. The first kappa shape index (κ1) is 10.2. The van der Waals surface area contributed by atoms with Crippen LogP contribution < -0.4 is 5.32 Å². The summed E-state index contributed by atoms with van der Waals surface area (Å²) in [4.78, 5) is 11.6. The van der Waals surface area contributed by atoms with Crippen molar-refractivity contribution in [2.75, 3.05) is 0 Å². The molecule has 0 amide bonds. The zero-order valence-corrected chi connectivity index (χ0v) is 8.59. The highest BCUT2D eigenvalue weighted by Crippen LogP contribution is 2.16. The van der Waals surface area contributed by atoms with Crippen molar-refractivity contribution in [1.29, 1.82) is 0 Å². The van der Waals surface area contributed by atoms with E-state index in [1.54, 1.807) is 0 Å². The van der Waals surface area contributed by atoms with E-state index in [1.807, 2.05) is 33.0 Å². The van der Waals surface area contributed by atoms with Gasteiger partial charge in [-0.15, -0.1) is 0 Å². The minimum Gasteiger partial charge on any atom is -0.411 e. The Balaban J connectivity index is 3.02. The topological polar surface area (TPSA) is 66.3 Å². The average Bonchev–Trinajstić information content (AvgIpc) is 1.95. The molecule has 0 bridgehead atoms. The minimum atomic E-state index is -0.511. The number of carbonyl (C=O) groups excluding carboxylic acids is 1. The molecule has 1 rings (SSSR count). The summed E-state index contributed by atoms with van der Waals surface area (Å²) < 4.78 is 0. The van der Waals surface area contributed by atoms with Gasteiger partial charge in [0.05, 0.1) is 12.0 Å². The number of oxime groups is 1. The molecule has 4 nitrogen and oxygen atoms in total. The zero-order valence-electron chi connectivity index (χ0n) is 8.59. The zero-order chi connectivity index (χ0) is 10.3. The summed E-state index contributed by atoms with van der Waals surface area (Å²) in [7, 11) is 0. The Morgan fingerprint density at radius 2 is 1.92 bits per heavy atom. The third kappa shape index (κ3) is 1.88. The normalized spacial score (nSPS) is 29.2. The third-order valence-corrected chi connectivity index (χ3v) is 2.34. The van der Waals surface area contributed by atoms with Crippen molar-refractivity contribution in [2.45, 2.75) is 45.2 Å². The molecule has 1 heterocycles. The van der Waals surface area contributed by atoms with Crippen LogP contribution in [-0.2, 0) is 4.79 Å². The summed E-state index contributed by atoms with van der Waals surface area (Å²) in [6.45, 7) is 7.77. The first-order valence-corrected chi connectivity index (χ1v) is 4.41. The molecule has 13 heavy (non-hydrogen) atoms. The fraction of sp³-hybridized carbons (Fsp3) is 0.778. The van der Waals surface area contributed by atoms with Gasteiger partial charge in [-0.25, -0.2) is 0 Å². The second kappa shape index (κ2) is 2.80. The summed E-state index contributed by atoms with van der Waals surface area (Å²) in [6.07, 6.45) is 0.520. The minimum absolute atomic E-state index is 0.0705. The molecule has 0 aliphatic carbocycles. The van der Waals surface area contributed by atoms with E-state index in [0.29, 0.717) is 6.42 Å². The lowest BCUT2D eigenvalue weighted by Crippen LogP contribution is -3.07. The molecule has 0 radical (unpaired) electrons. The number of nitrogens with zero attached hydrogens (tertiary/aromatic N) is 1. The van der Waals surface area contributed by atoms with Crippen LogP contribution in [0.2, 0.25) is 0 Å². The van der Waals surface area contributed by atoms with Crippen LogP contribution in [0.4, 0.5) is 0 Å². The Morgan fingerprint density at radius 3 is 2.38 bits per heavy atom. The van der Waals surface area contributed by atoms with Crippen molar-refractivity contribution in [3.8, 4) is 0 Å². The van der Waals surface area contributed by atoms with E-state index in [2.05, 4.69) is 5.16 Å². The molecule has 1 aliphatic rings. The molecule has 1 fully saturated rings. The molecule has 4 heteroatoms. The predicted octanol–water partition coefficient (Wildman–Crippen LogP) is -0.0900. The third-order valence-electron chi connectivity index (χ3n) is 2.34. The van der Waals surface area contributed by atoms with Crippen molar-refractivity contribution in [1.82, 2.24) is 0 Å². The van der Waals surface area contributed by atoms with Gasteiger partial charge in [-0.3, -0.25) is 4.79 Å². The predicted molar refractivity (Wildman–Crippen MR) is 48.9 cm³/mol. The maximum absolute atomic E-state index is 11.6. The standard InChI is InChI=1S/C9H16N2O2/c1-8(2)5-6(10-13)7(12)9(3,4)11-8/h11,13H,5H2,1-4H3/p+1. The SMILES string of the molecule is CC1(C)CC(=NO)C(=O)C(C)(C)[NH2+]1. The largest absolute Gasteiger partial charge is 0.411 e. The maximum Gasteiger partial charge on any atom is 0.240 e. The number of Topliss-reactive ketones (excluding diaryl/α,β-unsaturated/α-hetero) is 1. The molecule has 0 spiro atoms. The molecule has 74 valence electrons. The second-order valence-corrected chi connectivity index (χ2v) is 4.91. The van der Waals surface area contributed by atoms with E-state index in [0.717, 1.165) is 0 Å². The summed E-state index contributed by atoms with van der Waals surface area (Å²) >= 11 is 0. The Morgan fingerprint density at radius 1 is 1.38 bits per heavy atom. The Labute approximate surface area is 78.0 Å². The van der Waals surface area contributed by atoms with Crippen LogP contribution in [0.3, 0.4) is 0 Å². The smallest absolute Gasteiger partial charge is 0.240 e. The second-order valence-electron chi connectivity index (χ2n) is 4.91. The number of rotatable bonds is 0. The van der Waals surface area contributed by atoms with Gasteiger partial charge < -0.3 is 10.5 Å². The van der Waals surface area contributed by atoms with E-state index in [4.69, 9.17) is 5.21 Å². The van der Waals surface area contributed by atoms with Gasteiger partial charge in [0.25, 0.3) is 0 Å². The summed E-state index contributed by atoms with van der Waals surface area (Å²) in [5.74, 6) is -0.0747. The van der Waals surface area contributed by atoms with Crippen LogP contribution in [0.1, 0.15) is 34.1 Å². The van der Waals surface area contributed by atoms with Crippen LogP contribution in [0.5, 0.6) is 0 Å². The van der Waals surface area contributed by atoms with Crippen molar-refractivity contribution in [3.05, 3.63) is 0 Å². The summed E-state index contributed by atoms with van der Waals surface area (Å²) in [5, 5.41) is 13.8. The van der Waals surface area contributed by atoms with Crippen LogP contribution in [0.15, 0.2) is 5.16 Å². The monoisotopic (exact) mass is 185 g/mol. The number of hydrogen-bond donors (Lipinski definition) is 2. The number of carbonyl (C=O) groups is 1. The van der Waals surface area contributed by atoms with E-state index >= 15 is 0 Å². The van der Waals surface area contributed by atoms with Gasteiger partial charge in [-0.2, -0.15) is 0 Å². The average molecular weight is 185 g/mol. The van der Waals surface area contributed by atoms with Crippen molar-refractivity contribution in [3.63, 3.8) is 0 Å². The molecule has 0 atom stereocenters. The van der Waals surface area contributed by atoms with Gasteiger partial charge in [-0.05, 0) is 27.7 Å². The van der Waals surface area contributed by atoms with Crippen LogP contribution in [-0.4, -0.2) is 27.8 Å². The highest BCUT2D eigenvalue weighted by molar-refractivity contribution is 6.42. The van der Waals surface area contributed by atoms with E-state index in [9.17, 15) is 4.79 Å². The van der Waals surface area contributed by atoms with Crippen molar-refractivity contribution >= 4 is 11.5 Å². The van der Waals surface area contributed by atoms with Gasteiger partial charge in [0.1, 0.15) is 5.71 Å². The summed E-state index contributed by atoms with van der Waals surface area (Å²) in [6, 6.07) is 0. The number of ketones is 1. The van der Waals surface area contributed by atoms with Crippen molar-refractivity contribution < 1.29 is 15.3 Å². The number of piperidine rings is 1. The Hall–Kier alpha value is -0.900. The van der Waals surface area contributed by atoms with Gasteiger partial charge >= 0.3 is 0 Å². The van der Waals surface area contributed by atoms with E-state index < -0.39 is 5.54 Å². The number of quaternary nitrogens is 1. The molecule has 1 saturated heterocycles. The van der Waals surface area contributed by atoms with Crippen LogP contribution in [0, 0.1) is 0 Å². The van der Waals surface area contributed by atoms with Crippen molar-refractivity contribution in [2.24, 2.45) is 5.16 Å². The lowest BCUT2D eigenvalue weighted by atomic mass is 9.80. The number of nitrogens with two attached hydrogens (primary N) is 1. The Bertz CT molecular complexity index is 267. The first-order valence-electron chi connectivity index (χ1n) is 4.41. The van der Waals surface area contributed by atoms with Gasteiger partial charge in [0.2, 0.25) is 5.78 Å². The number of hydrogen-bond acceptors (Lipinski definition) is 3. The lowest BCUT2D eigenvalue weighted by Gasteiger charge is -2.37.